The van der Waals surface area contributed by atoms with Crippen LogP contribution in [0.1, 0.15) is 12.5 Å². The van der Waals surface area contributed by atoms with E-state index >= 15 is 0 Å². The van der Waals surface area contributed by atoms with E-state index in [0.29, 0.717) is 33.0 Å². The number of nitrogens with zero attached hydrogens (tertiary/aromatic N) is 1. The lowest BCUT2D eigenvalue weighted by molar-refractivity contribution is -0.120. The molecule has 146 valence electrons. The highest BCUT2D eigenvalue weighted by molar-refractivity contribution is 8.26. The van der Waals surface area contributed by atoms with E-state index in [0.717, 1.165) is 5.56 Å². The van der Waals surface area contributed by atoms with Gasteiger partial charge in [0.1, 0.15) is 19.0 Å². The van der Waals surface area contributed by atoms with Crippen molar-refractivity contribution < 1.29 is 23.7 Å². The zero-order valence-corrected chi connectivity index (χ0v) is 17.0. The number of fused-ring (bicyclic) bond motifs is 1. The standard InChI is InChI=1S/C20H19NO5S2/c1-3-24-14-6-4-12(8-16(14)23-2)9-18-19(22)21(20(27)28-18)13-5-7-15-17(10-13)26-11-25-15/h4-10,15,17H,3,11H2,1-2H3. The van der Waals surface area contributed by atoms with E-state index in [1.807, 2.05) is 49.4 Å². The zero-order chi connectivity index (χ0) is 19.7. The molecular weight excluding hydrogens is 398 g/mol. The topological polar surface area (TPSA) is 57.2 Å². The lowest BCUT2D eigenvalue weighted by Gasteiger charge is -2.22. The summed E-state index contributed by atoms with van der Waals surface area (Å²) in [4.78, 5) is 15.1. The lowest BCUT2D eigenvalue weighted by atomic mass is 10.1. The first-order chi connectivity index (χ1) is 13.6. The molecule has 2 fully saturated rings. The molecular formula is C20H19NO5S2. The number of thiocarbonyl (C=S) groups is 1. The predicted octanol–water partition coefficient (Wildman–Crippen LogP) is 3.49. The zero-order valence-electron chi connectivity index (χ0n) is 15.4. The number of hydrogen-bond donors (Lipinski definition) is 0. The number of methoxy groups -OCH3 is 1. The molecule has 4 rings (SSSR count). The van der Waals surface area contributed by atoms with Crippen molar-refractivity contribution in [3.8, 4) is 11.5 Å². The molecule has 0 bridgehead atoms. The van der Waals surface area contributed by atoms with Crippen LogP contribution in [0.3, 0.4) is 0 Å². The molecule has 0 spiro atoms. The largest absolute Gasteiger partial charge is 0.493 e. The first-order valence-corrected chi connectivity index (χ1v) is 10.0. The van der Waals surface area contributed by atoms with Crippen LogP contribution in [0.25, 0.3) is 6.08 Å². The average molecular weight is 418 g/mol. The molecule has 28 heavy (non-hydrogen) atoms. The molecule has 2 heterocycles. The number of allylic oxidation sites excluding steroid dienone is 1. The van der Waals surface area contributed by atoms with E-state index in [1.165, 1.54) is 16.7 Å². The molecule has 0 N–H and O–H groups in total. The minimum Gasteiger partial charge on any atom is -0.493 e. The molecule has 0 saturated carbocycles. The van der Waals surface area contributed by atoms with Crippen molar-refractivity contribution in [2.24, 2.45) is 0 Å². The minimum atomic E-state index is -0.191. The van der Waals surface area contributed by atoms with Gasteiger partial charge >= 0.3 is 0 Å². The summed E-state index contributed by atoms with van der Waals surface area (Å²) >= 11 is 6.72. The Kier molecular flexibility index (Phi) is 5.54. The van der Waals surface area contributed by atoms with Gasteiger partial charge in [-0.3, -0.25) is 9.69 Å². The SMILES string of the molecule is CCOc1ccc(C=C2SC(=S)N(C3=CC4OCOC4C=C3)C2=O)cc1OC. The lowest BCUT2D eigenvalue weighted by Crippen LogP contribution is -2.31. The summed E-state index contributed by atoms with van der Waals surface area (Å²) in [5, 5.41) is 0. The Hall–Kier alpha value is -2.13. The molecule has 0 aromatic heterocycles. The molecule has 2 aliphatic heterocycles. The molecule has 8 heteroatoms. The molecule has 1 amide bonds. The van der Waals surface area contributed by atoms with Crippen LogP contribution in [0, 0.1) is 0 Å². The second-order valence-electron chi connectivity index (χ2n) is 6.19. The maximum Gasteiger partial charge on any atom is 0.270 e. The number of amides is 1. The Morgan fingerprint density at radius 2 is 2.14 bits per heavy atom. The van der Waals surface area contributed by atoms with Gasteiger partial charge in [-0.2, -0.15) is 0 Å². The summed E-state index contributed by atoms with van der Waals surface area (Å²) < 4.78 is 22.4. The van der Waals surface area contributed by atoms with Gasteiger partial charge in [0.15, 0.2) is 15.8 Å². The van der Waals surface area contributed by atoms with Gasteiger partial charge in [-0.15, -0.1) is 0 Å². The second-order valence-corrected chi connectivity index (χ2v) is 7.87. The molecule has 6 nitrogen and oxygen atoms in total. The van der Waals surface area contributed by atoms with Gasteiger partial charge in [0, 0.05) is 5.70 Å². The van der Waals surface area contributed by atoms with E-state index in [2.05, 4.69) is 0 Å². The van der Waals surface area contributed by atoms with Crippen molar-refractivity contribution in [2.45, 2.75) is 19.1 Å². The summed E-state index contributed by atoms with van der Waals surface area (Å²) in [6.45, 7) is 2.72. The third-order valence-corrected chi connectivity index (χ3v) is 5.78. The van der Waals surface area contributed by atoms with Gasteiger partial charge in [-0.25, -0.2) is 0 Å². The maximum atomic E-state index is 13.0. The van der Waals surface area contributed by atoms with Crippen molar-refractivity contribution in [3.63, 3.8) is 0 Å². The molecule has 2 saturated heterocycles. The van der Waals surface area contributed by atoms with E-state index in [1.54, 1.807) is 7.11 Å². The van der Waals surface area contributed by atoms with Crippen LogP contribution in [0.15, 0.2) is 47.0 Å². The van der Waals surface area contributed by atoms with E-state index in [-0.39, 0.29) is 24.9 Å². The number of carbonyl (C=O) groups is 1. The number of rotatable bonds is 5. The fraction of sp³-hybridized carbons (Fsp3) is 0.300. The number of hydrogen-bond acceptors (Lipinski definition) is 7. The monoisotopic (exact) mass is 417 g/mol. The summed E-state index contributed by atoms with van der Waals surface area (Å²) in [5.41, 5.74) is 1.54. The molecule has 1 aromatic carbocycles. The number of ether oxygens (including phenoxy) is 4. The van der Waals surface area contributed by atoms with Crippen molar-refractivity contribution >= 4 is 40.3 Å². The fourth-order valence-corrected chi connectivity index (χ4v) is 4.45. The van der Waals surface area contributed by atoms with Crippen molar-refractivity contribution in [3.05, 3.63) is 52.6 Å². The maximum absolute atomic E-state index is 13.0. The van der Waals surface area contributed by atoms with Crippen molar-refractivity contribution in [1.82, 2.24) is 4.90 Å². The Balaban J connectivity index is 1.58. The number of thioether (sulfide) groups is 1. The Bertz CT molecular complexity index is 908. The summed E-state index contributed by atoms with van der Waals surface area (Å²) in [6, 6.07) is 5.55. The molecule has 1 aliphatic carbocycles. The van der Waals surface area contributed by atoms with Gasteiger partial charge in [0.2, 0.25) is 0 Å². The van der Waals surface area contributed by atoms with Gasteiger partial charge in [-0.1, -0.05) is 36.1 Å². The van der Waals surface area contributed by atoms with Gasteiger partial charge in [-0.05, 0) is 42.8 Å². The van der Waals surface area contributed by atoms with E-state index in [4.69, 9.17) is 31.2 Å². The van der Waals surface area contributed by atoms with Crippen LogP contribution in [0.4, 0.5) is 0 Å². The quantitative estimate of drug-likeness (QED) is 0.537. The smallest absolute Gasteiger partial charge is 0.270 e. The highest BCUT2D eigenvalue weighted by atomic mass is 32.2. The van der Waals surface area contributed by atoms with Crippen molar-refractivity contribution in [1.29, 1.82) is 0 Å². The minimum absolute atomic E-state index is 0.103. The molecule has 2 unspecified atom stereocenters. The highest BCUT2D eigenvalue weighted by Crippen LogP contribution is 2.38. The second kappa shape index (κ2) is 8.08. The van der Waals surface area contributed by atoms with Crippen LogP contribution in [0.5, 0.6) is 11.5 Å². The summed E-state index contributed by atoms with van der Waals surface area (Å²) in [5.74, 6) is 1.13. The van der Waals surface area contributed by atoms with Crippen LogP contribution in [-0.2, 0) is 14.3 Å². The number of benzene rings is 1. The highest BCUT2D eigenvalue weighted by Gasteiger charge is 2.37. The van der Waals surface area contributed by atoms with E-state index in [9.17, 15) is 4.79 Å². The first kappa shape index (κ1) is 19.2. The van der Waals surface area contributed by atoms with Gasteiger partial charge in [0.05, 0.1) is 18.6 Å². The average Bonchev–Trinajstić information content (AvgIpc) is 3.26. The number of carbonyl (C=O) groups excluding carboxylic acids is 1. The fourth-order valence-electron chi connectivity index (χ4n) is 3.15. The molecule has 1 aromatic rings. The normalized spacial score (nSPS) is 25.3. The Morgan fingerprint density at radius 3 is 2.93 bits per heavy atom. The van der Waals surface area contributed by atoms with Crippen LogP contribution < -0.4 is 9.47 Å². The Labute approximate surface area is 172 Å². The summed E-state index contributed by atoms with van der Waals surface area (Å²) in [7, 11) is 1.59. The van der Waals surface area contributed by atoms with Gasteiger partial charge in [0.25, 0.3) is 5.91 Å². The summed E-state index contributed by atoms with van der Waals surface area (Å²) in [6.07, 6.45) is 7.14. The first-order valence-electron chi connectivity index (χ1n) is 8.82. The third kappa shape index (κ3) is 3.60. The van der Waals surface area contributed by atoms with Crippen LogP contribution in [0.2, 0.25) is 0 Å². The van der Waals surface area contributed by atoms with Crippen LogP contribution >= 0.6 is 24.0 Å². The molecule has 3 aliphatic rings. The molecule has 0 radical (unpaired) electrons. The van der Waals surface area contributed by atoms with E-state index < -0.39 is 0 Å². The molecule has 2 atom stereocenters. The third-order valence-electron chi connectivity index (χ3n) is 4.47. The predicted molar refractivity (Wildman–Crippen MR) is 111 cm³/mol. The van der Waals surface area contributed by atoms with Crippen molar-refractivity contribution in [2.75, 3.05) is 20.5 Å². The van der Waals surface area contributed by atoms with Crippen LogP contribution in [-0.4, -0.2) is 47.8 Å². The van der Waals surface area contributed by atoms with Gasteiger partial charge < -0.3 is 18.9 Å². The Morgan fingerprint density at radius 1 is 1.32 bits per heavy atom.